The molecule has 0 saturated heterocycles. The quantitative estimate of drug-likeness (QED) is 0.363. The number of nitrogens with one attached hydrogen (secondary N) is 2. The highest BCUT2D eigenvalue weighted by Gasteiger charge is 2.28. The van der Waals surface area contributed by atoms with Crippen LogP contribution in [0, 0.1) is 10.1 Å². The van der Waals surface area contributed by atoms with Crippen molar-refractivity contribution in [2.24, 2.45) is 0 Å². The van der Waals surface area contributed by atoms with Gasteiger partial charge in [-0.15, -0.1) is 0 Å². The molecule has 0 radical (unpaired) electrons. The molecule has 9 heteroatoms. The second-order valence-electron chi connectivity index (χ2n) is 5.47. The first-order valence-electron chi connectivity index (χ1n) is 7.57. The summed E-state index contributed by atoms with van der Waals surface area (Å²) in [7, 11) is 0. The number of aliphatic hydroxyl groups is 1. The van der Waals surface area contributed by atoms with Crippen molar-refractivity contribution in [3.63, 3.8) is 0 Å². The van der Waals surface area contributed by atoms with Crippen LogP contribution in [0.25, 0.3) is 0 Å². The van der Waals surface area contributed by atoms with Gasteiger partial charge in [-0.2, -0.15) is 0 Å². The van der Waals surface area contributed by atoms with Gasteiger partial charge in [-0.25, -0.2) is 4.79 Å². The molecule has 2 rings (SSSR count). The van der Waals surface area contributed by atoms with E-state index in [2.05, 4.69) is 10.6 Å². The first kappa shape index (κ1) is 17.7. The van der Waals surface area contributed by atoms with E-state index in [1.54, 1.807) is 0 Å². The molecule has 0 spiro atoms. The van der Waals surface area contributed by atoms with Crippen molar-refractivity contribution in [3.05, 3.63) is 33.9 Å². The van der Waals surface area contributed by atoms with Crippen molar-refractivity contribution in [2.45, 2.75) is 31.9 Å². The normalized spacial score (nSPS) is 14.6. The number of nitrogens with zero attached hydrogens (tertiary/aromatic N) is 1. The molecule has 130 valence electrons. The van der Waals surface area contributed by atoms with E-state index in [4.69, 9.17) is 9.84 Å². The third kappa shape index (κ3) is 4.66. The Hall–Kier alpha value is -2.68. The number of non-ortho nitro benzene ring substituents is 1. The molecule has 9 nitrogen and oxygen atoms in total. The molecule has 1 amide bonds. The summed E-state index contributed by atoms with van der Waals surface area (Å²) in [6.07, 6.45) is 0.807. The highest BCUT2D eigenvalue weighted by atomic mass is 16.6. The summed E-state index contributed by atoms with van der Waals surface area (Å²) in [5.74, 6) is -1.25. The second-order valence-corrected chi connectivity index (χ2v) is 5.47. The number of aliphatic hydroxyl groups excluding tert-OH is 1. The molecule has 1 aliphatic rings. The number of benzene rings is 1. The van der Waals surface area contributed by atoms with Crippen molar-refractivity contribution in [1.29, 1.82) is 0 Å². The number of ether oxygens (including phenoxy) is 1. The molecule has 1 aromatic carbocycles. The fourth-order valence-electron chi connectivity index (χ4n) is 1.98. The maximum atomic E-state index is 12.3. The second kappa shape index (κ2) is 7.73. The van der Waals surface area contributed by atoms with Gasteiger partial charge in [0.2, 0.25) is 0 Å². The van der Waals surface area contributed by atoms with Crippen molar-refractivity contribution >= 4 is 23.3 Å². The van der Waals surface area contributed by atoms with Gasteiger partial charge in [-0.05, 0) is 25.8 Å². The van der Waals surface area contributed by atoms with Crippen LogP contribution in [0.5, 0.6) is 0 Å². The largest absolute Gasteiger partial charge is 0.449 e. The molecule has 24 heavy (non-hydrogen) atoms. The van der Waals surface area contributed by atoms with Crippen LogP contribution < -0.4 is 10.6 Å². The molecule has 0 aliphatic heterocycles. The number of anilines is 1. The molecule has 0 aromatic heterocycles. The first-order valence-corrected chi connectivity index (χ1v) is 7.57. The third-order valence-corrected chi connectivity index (χ3v) is 3.44. The van der Waals surface area contributed by atoms with Crippen LogP contribution in [0.1, 0.15) is 30.1 Å². The SMILES string of the molecule is C[C@@H](OC(=O)c1cc([N+](=O)[O-])ccc1NCCO)C(=O)NC1CC1. The molecule has 1 aliphatic carbocycles. The van der Waals surface area contributed by atoms with Crippen LogP contribution >= 0.6 is 0 Å². The zero-order valence-corrected chi connectivity index (χ0v) is 13.2. The topological polar surface area (TPSA) is 131 Å². The number of nitro groups is 1. The van der Waals surface area contributed by atoms with Crippen LogP contribution in [-0.2, 0) is 9.53 Å². The first-order chi connectivity index (χ1) is 11.4. The molecule has 0 bridgehead atoms. The monoisotopic (exact) mass is 337 g/mol. The van der Waals surface area contributed by atoms with Gasteiger partial charge < -0.3 is 20.5 Å². The van der Waals surface area contributed by atoms with E-state index in [9.17, 15) is 19.7 Å². The van der Waals surface area contributed by atoms with Crippen molar-refractivity contribution in [1.82, 2.24) is 5.32 Å². The third-order valence-electron chi connectivity index (χ3n) is 3.44. The Morgan fingerprint density at radius 2 is 2.17 bits per heavy atom. The van der Waals surface area contributed by atoms with Crippen molar-refractivity contribution in [3.8, 4) is 0 Å². The average molecular weight is 337 g/mol. The highest BCUT2D eigenvalue weighted by molar-refractivity contribution is 5.98. The van der Waals surface area contributed by atoms with Gasteiger partial charge >= 0.3 is 5.97 Å². The molecule has 0 heterocycles. The zero-order chi connectivity index (χ0) is 17.7. The minimum atomic E-state index is -1.01. The van der Waals surface area contributed by atoms with Gasteiger partial charge in [0.15, 0.2) is 6.10 Å². The highest BCUT2D eigenvalue weighted by Crippen LogP contribution is 2.24. The van der Waals surface area contributed by atoms with Gasteiger partial charge in [0.05, 0.1) is 17.1 Å². The van der Waals surface area contributed by atoms with Crippen LogP contribution in [0.2, 0.25) is 0 Å². The van der Waals surface area contributed by atoms with E-state index in [0.29, 0.717) is 0 Å². The van der Waals surface area contributed by atoms with Gasteiger partial charge in [0.1, 0.15) is 0 Å². The lowest BCUT2D eigenvalue weighted by molar-refractivity contribution is -0.384. The lowest BCUT2D eigenvalue weighted by Gasteiger charge is -2.15. The Bertz CT molecular complexity index is 644. The van der Waals surface area contributed by atoms with E-state index in [0.717, 1.165) is 18.9 Å². The van der Waals surface area contributed by atoms with Crippen LogP contribution in [0.3, 0.4) is 0 Å². The Labute approximate surface area is 138 Å². The lowest BCUT2D eigenvalue weighted by atomic mass is 10.1. The molecule has 1 aromatic rings. The summed E-state index contributed by atoms with van der Waals surface area (Å²) in [6.45, 7) is 1.43. The van der Waals surface area contributed by atoms with Gasteiger partial charge in [-0.3, -0.25) is 14.9 Å². The van der Waals surface area contributed by atoms with E-state index < -0.39 is 22.9 Å². The minimum absolute atomic E-state index is 0.0660. The Morgan fingerprint density at radius 1 is 1.46 bits per heavy atom. The molecule has 1 atom stereocenters. The van der Waals surface area contributed by atoms with Crippen LogP contribution in [-0.4, -0.2) is 47.2 Å². The number of carbonyl (C=O) groups is 2. The summed E-state index contributed by atoms with van der Waals surface area (Å²) in [4.78, 5) is 34.4. The van der Waals surface area contributed by atoms with Crippen LogP contribution in [0.15, 0.2) is 18.2 Å². The fourth-order valence-corrected chi connectivity index (χ4v) is 1.98. The smallest absolute Gasteiger partial charge is 0.341 e. The van der Waals surface area contributed by atoms with E-state index in [-0.39, 0.29) is 36.1 Å². The van der Waals surface area contributed by atoms with E-state index in [1.165, 1.54) is 19.1 Å². The van der Waals surface area contributed by atoms with E-state index in [1.807, 2.05) is 0 Å². The number of carbonyl (C=O) groups excluding carboxylic acids is 2. The Morgan fingerprint density at radius 3 is 2.75 bits per heavy atom. The maximum Gasteiger partial charge on any atom is 0.341 e. The summed E-state index contributed by atoms with van der Waals surface area (Å²) < 4.78 is 5.11. The molecular weight excluding hydrogens is 318 g/mol. The van der Waals surface area contributed by atoms with E-state index >= 15 is 0 Å². The molecule has 1 fully saturated rings. The average Bonchev–Trinajstić information content (AvgIpc) is 3.36. The molecule has 0 unspecified atom stereocenters. The summed E-state index contributed by atoms with van der Waals surface area (Å²) in [5, 5.41) is 25.3. The maximum absolute atomic E-state index is 12.3. The van der Waals surface area contributed by atoms with Gasteiger partial charge in [-0.1, -0.05) is 0 Å². The number of nitro benzene ring substituents is 1. The summed E-state index contributed by atoms with van der Waals surface area (Å²) >= 11 is 0. The number of hydrogen-bond donors (Lipinski definition) is 3. The summed E-state index contributed by atoms with van der Waals surface area (Å²) in [6, 6.07) is 3.81. The van der Waals surface area contributed by atoms with Crippen molar-refractivity contribution in [2.75, 3.05) is 18.5 Å². The predicted octanol–water partition coefficient (Wildman–Crippen LogP) is 0.823. The summed E-state index contributed by atoms with van der Waals surface area (Å²) in [5.41, 5.74) is -0.0512. The zero-order valence-electron chi connectivity index (χ0n) is 13.2. The van der Waals surface area contributed by atoms with Gasteiger partial charge in [0.25, 0.3) is 11.6 Å². The fraction of sp³-hybridized carbons (Fsp3) is 0.467. The van der Waals surface area contributed by atoms with Gasteiger partial charge in [0, 0.05) is 30.4 Å². The lowest BCUT2D eigenvalue weighted by Crippen LogP contribution is -2.37. The molecular formula is C15H19N3O6. The number of esters is 1. The Balaban J connectivity index is 2.13. The number of hydrogen-bond acceptors (Lipinski definition) is 7. The molecule has 1 saturated carbocycles. The number of amides is 1. The molecule has 3 N–H and O–H groups in total. The van der Waals surface area contributed by atoms with Crippen molar-refractivity contribution < 1.29 is 24.4 Å². The van der Waals surface area contributed by atoms with Crippen LogP contribution in [0.4, 0.5) is 11.4 Å². The standard InChI is InChI=1S/C15H19N3O6/c1-9(14(20)17-10-2-3-10)24-15(21)12-8-11(18(22)23)4-5-13(12)16-6-7-19/h4-5,8-10,16,19H,2-3,6-7H2,1H3,(H,17,20)/t9-/m1/s1. The predicted molar refractivity (Wildman–Crippen MR) is 84.7 cm³/mol. The Kier molecular flexibility index (Phi) is 5.69. The minimum Gasteiger partial charge on any atom is -0.449 e. The number of rotatable bonds is 8.